The van der Waals surface area contributed by atoms with Gasteiger partial charge >= 0.3 is 0 Å². The van der Waals surface area contributed by atoms with Gasteiger partial charge in [-0.15, -0.1) is 0 Å². The average Bonchev–Trinajstić information content (AvgIpc) is 3.40. The van der Waals surface area contributed by atoms with Gasteiger partial charge in [0, 0.05) is 24.9 Å². The van der Waals surface area contributed by atoms with Crippen LogP contribution in [-0.2, 0) is 22.6 Å². The number of benzene rings is 3. The summed E-state index contributed by atoms with van der Waals surface area (Å²) >= 11 is 0. The first kappa shape index (κ1) is 26.0. The minimum Gasteiger partial charge on any atom is -0.495 e. The number of rotatable bonds is 9. The number of hydrogen-bond acceptors (Lipinski definition) is 4. The molecule has 6 nitrogen and oxygen atoms in total. The predicted octanol–water partition coefficient (Wildman–Crippen LogP) is 4.84. The van der Waals surface area contributed by atoms with E-state index in [0.717, 1.165) is 24.0 Å². The van der Waals surface area contributed by atoms with Crippen LogP contribution in [-0.4, -0.2) is 36.4 Å². The third-order valence-electron chi connectivity index (χ3n) is 7.14. The van der Waals surface area contributed by atoms with Crippen molar-refractivity contribution in [1.82, 2.24) is 10.2 Å². The minimum absolute atomic E-state index is 0.0227. The molecule has 4 rings (SSSR count). The molecule has 0 aliphatic carbocycles. The molecule has 1 aliphatic heterocycles. The van der Waals surface area contributed by atoms with E-state index < -0.39 is 6.04 Å². The molecule has 0 bridgehead atoms. The summed E-state index contributed by atoms with van der Waals surface area (Å²) in [6.07, 6.45) is 2.14. The molecule has 0 spiro atoms. The highest BCUT2D eigenvalue weighted by Gasteiger charge is 2.41. The van der Waals surface area contributed by atoms with Gasteiger partial charge < -0.3 is 15.0 Å². The van der Waals surface area contributed by atoms with Crippen LogP contribution in [0, 0.1) is 17.2 Å². The lowest BCUT2D eigenvalue weighted by Crippen LogP contribution is -2.47. The van der Waals surface area contributed by atoms with E-state index in [-0.39, 0.29) is 23.7 Å². The molecule has 37 heavy (non-hydrogen) atoms. The Morgan fingerprint density at radius 3 is 2.43 bits per heavy atom. The van der Waals surface area contributed by atoms with Crippen LogP contribution in [0.5, 0.6) is 5.75 Å². The van der Waals surface area contributed by atoms with E-state index in [1.165, 1.54) is 12.7 Å². The van der Waals surface area contributed by atoms with E-state index in [9.17, 15) is 14.9 Å². The van der Waals surface area contributed by atoms with Gasteiger partial charge in [-0.05, 0) is 48.1 Å². The molecule has 6 heteroatoms. The van der Waals surface area contributed by atoms with Crippen molar-refractivity contribution in [1.29, 1.82) is 5.26 Å². The number of amides is 2. The second-order valence-electron chi connectivity index (χ2n) is 9.64. The van der Waals surface area contributed by atoms with E-state index in [0.29, 0.717) is 30.8 Å². The quantitative estimate of drug-likeness (QED) is 0.461. The maximum absolute atomic E-state index is 13.6. The number of carbonyl (C=O) groups excluding carboxylic acids is 2. The predicted molar refractivity (Wildman–Crippen MR) is 143 cm³/mol. The van der Waals surface area contributed by atoms with Gasteiger partial charge in [-0.3, -0.25) is 9.59 Å². The third-order valence-corrected chi connectivity index (χ3v) is 7.14. The van der Waals surface area contributed by atoms with Crippen molar-refractivity contribution >= 4 is 11.8 Å². The molecule has 3 aromatic rings. The molecular formula is C31H33N3O3. The summed E-state index contributed by atoms with van der Waals surface area (Å²) in [5.74, 6) is 0.258. The Morgan fingerprint density at radius 1 is 1.05 bits per heavy atom. The molecule has 1 N–H and O–H groups in total. The van der Waals surface area contributed by atoms with Crippen molar-refractivity contribution in [3.63, 3.8) is 0 Å². The van der Waals surface area contributed by atoms with E-state index in [1.54, 1.807) is 23.1 Å². The van der Waals surface area contributed by atoms with Crippen LogP contribution >= 0.6 is 0 Å². The fourth-order valence-corrected chi connectivity index (χ4v) is 4.97. The summed E-state index contributed by atoms with van der Waals surface area (Å²) in [6.45, 7) is 2.78. The molecule has 190 valence electrons. The van der Waals surface area contributed by atoms with E-state index in [2.05, 4.69) is 35.7 Å². The smallest absolute Gasteiger partial charge is 0.243 e. The number of nitriles is 1. The molecule has 3 aromatic carbocycles. The van der Waals surface area contributed by atoms with Crippen LogP contribution in [0.4, 0.5) is 0 Å². The van der Waals surface area contributed by atoms with Crippen molar-refractivity contribution in [3.05, 3.63) is 101 Å². The Kier molecular flexibility index (Phi) is 8.58. The normalized spacial score (nSPS) is 17.6. The fraction of sp³-hybridized carbons (Fsp3) is 0.323. The van der Waals surface area contributed by atoms with Gasteiger partial charge in [-0.25, -0.2) is 0 Å². The number of hydrogen-bond donors (Lipinski definition) is 1. The SMILES string of the molecule is COc1cc(CNC(=O)[C@@H]2C[C@H](c3ccccc3)CN2C(=O)[C@H](C)CCc2ccccc2)ccc1C#N. The number of ether oxygens (including phenoxy) is 1. The Labute approximate surface area is 218 Å². The Balaban J connectivity index is 1.46. The van der Waals surface area contributed by atoms with E-state index >= 15 is 0 Å². The molecule has 0 saturated carbocycles. The summed E-state index contributed by atoms with van der Waals surface area (Å²) in [7, 11) is 1.52. The minimum atomic E-state index is -0.530. The molecule has 0 unspecified atom stereocenters. The lowest BCUT2D eigenvalue weighted by Gasteiger charge is -2.27. The zero-order valence-corrected chi connectivity index (χ0v) is 21.4. The zero-order chi connectivity index (χ0) is 26.2. The fourth-order valence-electron chi connectivity index (χ4n) is 4.97. The van der Waals surface area contributed by atoms with Gasteiger partial charge in [0.15, 0.2) is 0 Å². The van der Waals surface area contributed by atoms with Crippen molar-refractivity contribution in [3.8, 4) is 11.8 Å². The van der Waals surface area contributed by atoms with Crippen LogP contribution in [0.3, 0.4) is 0 Å². The van der Waals surface area contributed by atoms with Crippen LogP contribution < -0.4 is 10.1 Å². The molecule has 0 aromatic heterocycles. The number of aryl methyl sites for hydroxylation is 1. The monoisotopic (exact) mass is 495 g/mol. The van der Waals surface area contributed by atoms with Crippen molar-refractivity contribution < 1.29 is 14.3 Å². The second kappa shape index (κ2) is 12.2. The van der Waals surface area contributed by atoms with Gasteiger partial charge in [0.1, 0.15) is 17.9 Å². The summed E-state index contributed by atoms with van der Waals surface area (Å²) < 4.78 is 5.29. The first-order chi connectivity index (χ1) is 18.0. The highest BCUT2D eigenvalue weighted by Crippen LogP contribution is 2.33. The van der Waals surface area contributed by atoms with Crippen molar-refractivity contribution in [2.45, 2.75) is 44.7 Å². The van der Waals surface area contributed by atoms with Crippen molar-refractivity contribution in [2.75, 3.05) is 13.7 Å². The Morgan fingerprint density at radius 2 is 1.76 bits per heavy atom. The zero-order valence-electron chi connectivity index (χ0n) is 21.4. The number of methoxy groups -OCH3 is 1. The van der Waals surface area contributed by atoms with E-state index in [1.807, 2.05) is 43.3 Å². The third kappa shape index (κ3) is 6.37. The first-order valence-corrected chi connectivity index (χ1v) is 12.7. The summed E-state index contributed by atoms with van der Waals surface area (Å²) in [6, 6.07) is 27.1. The number of carbonyl (C=O) groups is 2. The first-order valence-electron chi connectivity index (χ1n) is 12.7. The van der Waals surface area contributed by atoms with E-state index in [4.69, 9.17) is 4.74 Å². The highest BCUT2D eigenvalue weighted by atomic mass is 16.5. The molecule has 1 heterocycles. The lowest BCUT2D eigenvalue weighted by atomic mass is 9.96. The standard InChI is InChI=1S/C31H33N3O3/c1-22(13-14-23-9-5-3-6-10-23)31(36)34-21-27(25-11-7-4-8-12-25)18-28(34)30(35)33-20-24-15-16-26(19-32)29(17-24)37-2/h3-12,15-17,22,27-28H,13-14,18,20-21H2,1-2H3,(H,33,35)/t22-,27+,28+/m1/s1. The van der Waals surface area contributed by atoms with Crippen molar-refractivity contribution in [2.24, 2.45) is 5.92 Å². The topological polar surface area (TPSA) is 82.4 Å². The molecular weight excluding hydrogens is 462 g/mol. The van der Waals surface area contributed by atoms with Crippen LogP contribution in [0.15, 0.2) is 78.9 Å². The lowest BCUT2D eigenvalue weighted by molar-refractivity contribution is -0.141. The maximum atomic E-state index is 13.6. The maximum Gasteiger partial charge on any atom is 0.243 e. The number of likely N-dealkylation sites (tertiary alicyclic amines) is 1. The second-order valence-corrected chi connectivity index (χ2v) is 9.64. The number of nitrogens with one attached hydrogen (secondary N) is 1. The van der Waals surface area contributed by atoms with Crippen LogP contribution in [0.1, 0.15) is 47.9 Å². The Bertz CT molecular complexity index is 1250. The summed E-state index contributed by atoms with van der Waals surface area (Å²) in [5, 5.41) is 12.2. The summed E-state index contributed by atoms with van der Waals surface area (Å²) in [4.78, 5) is 28.8. The van der Waals surface area contributed by atoms with Gasteiger partial charge in [0.2, 0.25) is 11.8 Å². The molecule has 2 amide bonds. The largest absolute Gasteiger partial charge is 0.495 e. The molecule has 0 radical (unpaired) electrons. The molecule has 3 atom stereocenters. The van der Waals surface area contributed by atoms with Gasteiger partial charge in [0.05, 0.1) is 12.7 Å². The van der Waals surface area contributed by atoms with Gasteiger partial charge in [-0.1, -0.05) is 73.7 Å². The highest BCUT2D eigenvalue weighted by molar-refractivity contribution is 5.89. The van der Waals surface area contributed by atoms with Gasteiger partial charge in [-0.2, -0.15) is 5.26 Å². The average molecular weight is 496 g/mol. The van der Waals surface area contributed by atoms with Crippen LogP contribution in [0.2, 0.25) is 0 Å². The number of nitrogens with zero attached hydrogens (tertiary/aromatic N) is 2. The molecule has 1 aliphatic rings. The molecule has 1 saturated heterocycles. The van der Waals surface area contributed by atoms with Crippen LogP contribution in [0.25, 0.3) is 0 Å². The van der Waals surface area contributed by atoms with Gasteiger partial charge in [0.25, 0.3) is 0 Å². The summed E-state index contributed by atoms with van der Waals surface area (Å²) in [5.41, 5.74) is 3.62. The molecule has 1 fully saturated rings. The Hall–Kier alpha value is -4.11.